The molecule has 3 heterocycles. The molecule has 8 heteroatoms. The van der Waals surface area contributed by atoms with Crippen LogP contribution >= 0.6 is 15.9 Å². The molecule has 7 nitrogen and oxygen atoms in total. The Kier molecular flexibility index (Phi) is 3.12. The molecule has 106 valence electrons. The average molecular weight is 342 g/mol. The molecule has 20 heavy (non-hydrogen) atoms. The van der Waals surface area contributed by atoms with Gasteiger partial charge in [0.25, 0.3) is 5.69 Å². The number of anilines is 1. The molecule has 1 N–H and O–H groups in total. The van der Waals surface area contributed by atoms with Crippen molar-refractivity contribution in [1.29, 1.82) is 0 Å². The third-order valence-electron chi connectivity index (χ3n) is 4.12. The highest BCUT2D eigenvalue weighted by molar-refractivity contribution is 9.10. The number of hydrogen-bond acceptors (Lipinski definition) is 5. The van der Waals surface area contributed by atoms with Gasteiger partial charge < -0.3 is 10.0 Å². The molecule has 2 bridgehead atoms. The fraction of sp³-hybridized carbons (Fsp3) is 0.500. The van der Waals surface area contributed by atoms with Crippen molar-refractivity contribution in [3.8, 4) is 0 Å². The number of pyridine rings is 1. The van der Waals surface area contributed by atoms with Crippen LogP contribution in [-0.4, -0.2) is 33.1 Å². The summed E-state index contributed by atoms with van der Waals surface area (Å²) in [6.45, 7) is 0. The number of rotatable bonds is 3. The Hall–Kier alpha value is -1.70. The van der Waals surface area contributed by atoms with Gasteiger partial charge in [-0.1, -0.05) is 0 Å². The molecule has 0 spiro atoms. The molecule has 0 aromatic carbocycles. The zero-order valence-electron chi connectivity index (χ0n) is 10.4. The molecule has 0 radical (unpaired) electrons. The van der Waals surface area contributed by atoms with Crippen LogP contribution in [0, 0.1) is 16.0 Å². The summed E-state index contributed by atoms with van der Waals surface area (Å²) in [5, 5.41) is 20.0. The first-order chi connectivity index (χ1) is 9.49. The second-order valence-corrected chi connectivity index (χ2v) is 6.00. The number of fused-ring (bicyclic) bond motifs is 2. The standard InChI is InChI=1S/C12H12BrN3O4/c13-9-4-7(16(19)20)5-14-11(9)15-6-1-2-10(15)8(3-6)12(17)18/h4-6,8,10H,1-3H2,(H,17,18). The molecular weight excluding hydrogens is 330 g/mol. The first kappa shape index (κ1) is 13.3. The van der Waals surface area contributed by atoms with Gasteiger partial charge in [0, 0.05) is 18.2 Å². The summed E-state index contributed by atoms with van der Waals surface area (Å²) in [4.78, 5) is 27.6. The Bertz CT molecular complexity index is 594. The summed E-state index contributed by atoms with van der Waals surface area (Å²) in [5.41, 5.74) is -0.0815. The van der Waals surface area contributed by atoms with Crippen LogP contribution < -0.4 is 4.90 Å². The van der Waals surface area contributed by atoms with E-state index in [1.54, 1.807) is 0 Å². The van der Waals surface area contributed by atoms with E-state index in [4.69, 9.17) is 0 Å². The zero-order valence-corrected chi connectivity index (χ0v) is 12.0. The quantitative estimate of drug-likeness (QED) is 0.668. The van der Waals surface area contributed by atoms with Crippen LogP contribution in [0.4, 0.5) is 11.5 Å². The summed E-state index contributed by atoms with van der Waals surface area (Å²) in [6, 6.07) is 1.50. The molecule has 3 unspecified atom stereocenters. The molecule has 3 atom stereocenters. The minimum atomic E-state index is -0.778. The maximum atomic E-state index is 11.2. The lowest BCUT2D eigenvalue weighted by Crippen LogP contribution is -2.33. The van der Waals surface area contributed by atoms with Gasteiger partial charge in [-0.2, -0.15) is 0 Å². The Morgan fingerprint density at radius 1 is 1.55 bits per heavy atom. The van der Waals surface area contributed by atoms with Gasteiger partial charge in [0.15, 0.2) is 0 Å². The molecule has 2 fully saturated rings. The van der Waals surface area contributed by atoms with Crippen molar-refractivity contribution in [2.75, 3.05) is 4.90 Å². The molecule has 2 aliphatic rings. The highest BCUT2D eigenvalue weighted by Crippen LogP contribution is 2.46. The summed E-state index contributed by atoms with van der Waals surface area (Å²) >= 11 is 3.31. The minimum Gasteiger partial charge on any atom is -0.481 e. The molecule has 3 rings (SSSR count). The lowest BCUT2D eigenvalue weighted by molar-refractivity contribution is -0.385. The number of aromatic nitrogens is 1. The molecule has 1 aromatic heterocycles. The molecule has 2 saturated heterocycles. The fourth-order valence-corrected chi connectivity index (χ4v) is 3.84. The van der Waals surface area contributed by atoms with Crippen molar-refractivity contribution < 1.29 is 14.8 Å². The van der Waals surface area contributed by atoms with Crippen LogP contribution in [0.5, 0.6) is 0 Å². The number of nitro groups is 1. The Labute approximate surface area is 122 Å². The number of carboxylic acids is 1. The molecular formula is C12H12BrN3O4. The highest BCUT2D eigenvalue weighted by atomic mass is 79.9. The Morgan fingerprint density at radius 3 is 2.85 bits per heavy atom. The van der Waals surface area contributed by atoms with E-state index in [2.05, 4.69) is 20.9 Å². The smallest absolute Gasteiger partial charge is 0.308 e. The summed E-state index contributed by atoms with van der Waals surface area (Å²) < 4.78 is 0.537. The first-order valence-corrected chi connectivity index (χ1v) is 7.09. The number of nitrogens with zero attached hydrogens (tertiary/aromatic N) is 3. The van der Waals surface area contributed by atoms with E-state index < -0.39 is 10.9 Å². The van der Waals surface area contributed by atoms with E-state index >= 15 is 0 Å². The van der Waals surface area contributed by atoms with Crippen molar-refractivity contribution in [1.82, 2.24) is 4.98 Å². The summed E-state index contributed by atoms with van der Waals surface area (Å²) in [5.74, 6) is -0.551. The van der Waals surface area contributed by atoms with Gasteiger partial charge in [-0.15, -0.1) is 0 Å². The maximum absolute atomic E-state index is 11.2. The van der Waals surface area contributed by atoms with Crippen LogP contribution in [0.3, 0.4) is 0 Å². The van der Waals surface area contributed by atoms with Gasteiger partial charge in [0.05, 0.1) is 15.3 Å². The Morgan fingerprint density at radius 2 is 2.30 bits per heavy atom. The highest BCUT2D eigenvalue weighted by Gasteiger charge is 2.50. The number of hydrogen-bond donors (Lipinski definition) is 1. The van der Waals surface area contributed by atoms with Gasteiger partial charge >= 0.3 is 5.97 Å². The van der Waals surface area contributed by atoms with Crippen molar-refractivity contribution in [3.63, 3.8) is 0 Å². The topological polar surface area (TPSA) is 96.6 Å². The zero-order chi connectivity index (χ0) is 14.4. The maximum Gasteiger partial charge on any atom is 0.308 e. The van der Waals surface area contributed by atoms with Crippen molar-refractivity contribution in [2.24, 2.45) is 5.92 Å². The van der Waals surface area contributed by atoms with Crippen molar-refractivity contribution in [3.05, 3.63) is 26.9 Å². The minimum absolute atomic E-state index is 0.0669. The van der Waals surface area contributed by atoms with E-state index in [9.17, 15) is 20.0 Å². The SMILES string of the molecule is O=C(O)C1CC2CCC1N2c1ncc([N+](=O)[O-])cc1Br. The van der Waals surface area contributed by atoms with E-state index in [1.165, 1.54) is 12.3 Å². The van der Waals surface area contributed by atoms with Gasteiger partial charge in [0.2, 0.25) is 0 Å². The number of halogens is 1. The van der Waals surface area contributed by atoms with E-state index in [1.807, 2.05) is 4.90 Å². The largest absolute Gasteiger partial charge is 0.481 e. The number of aliphatic carboxylic acids is 1. The predicted octanol–water partition coefficient (Wildman–Crippen LogP) is 2.19. The van der Waals surface area contributed by atoms with Crippen LogP contribution in [0.25, 0.3) is 0 Å². The summed E-state index contributed by atoms with van der Waals surface area (Å²) in [6.07, 6.45) is 3.60. The molecule has 2 aliphatic heterocycles. The van der Waals surface area contributed by atoms with E-state index in [0.29, 0.717) is 16.7 Å². The third-order valence-corrected chi connectivity index (χ3v) is 4.70. The first-order valence-electron chi connectivity index (χ1n) is 6.30. The molecule has 0 amide bonds. The Balaban J connectivity index is 1.94. The van der Waals surface area contributed by atoms with Gasteiger partial charge in [-0.3, -0.25) is 14.9 Å². The van der Waals surface area contributed by atoms with Gasteiger partial charge in [0.1, 0.15) is 12.0 Å². The van der Waals surface area contributed by atoms with E-state index in [-0.39, 0.29) is 23.7 Å². The van der Waals surface area contributed by atoms with E-state index in [0.717, 1.165) is 12.8 Å². The summed E-state index contributed by atoms with van der Waals surface area (Å²) in [7, 11) is 0. The molecule has 1 aromatic rings. The normalized spacial score (nSPS) is 27.9. The van der Waals surface area contributed by atoms with Gasteiger partial charge in [-0.25, -0.2) is 4.98 Å². The van der Waals surface area contributed by atoms with Crippen LogP contribution in [-0.2, 0) is 4.79 Å². The van der Waals surface area contributed by atoms with Crippen LogP contribution in [0.1, 0.15) is 19.3 Å². The second kappa shape index (κ2) is 4.69. The van der Waals surface area contributed by atoms with Crippen LogP contribution in [0.15, 0.2) is 16.7 Å². The predicted molar refractivity (Wildman–Crippen MR) is 73.6 cm³/mol. The van der Waals surface area contributed by atoms with Crippen molar-refractivity contribution >= 4 is 33.4 Å². The lowest BCUT2D eigenvalue weighted by Gasteiger charge is -2.24. The molecule has 0 aliphatic carbocycles. The average Bonchev–Trinajstić information content (AvgIpc) is 2.96. The van der Waals surface area contributed by atoms with Crippen molar-refractivity contribution in [2.45, 2.75) is 31.3 Å². The van der Waals surface area contributed by atoms with Gasteiger partial charge in [-0.05, 0) is 35.2 Å². The second-order valence-electron chi connectivity index (χ2n) is 5.14. The van der Waals surface area contributed by atoms with Crippen LogP contribution in [0.2, 0.25) is 0 Å². The third kappa shape index (κ3) is 1.94. The lowest BCUT2D eigenvalue weighted by atomic mass is 9.89. The monoisotopic (exact) mass is 341 g/mol. The number of carboxylic acid groups (broad SMARTS) is 1. The molecule has 0 saturated carbocycles. The fourth-order valence-electron chi connectivity index (χ4n) is 3.29. The number of carbonyl (C=O) groups is 1.